The van der Waals surface area contributed by atoms with Crippen LogP contribution in [0.3, 0.4) is 0 Å². The fraction of sp³-hybridized carbons (Fsp3) is 0.250. The third-order valence-electron chi connectivity index (χ3n) is 4.19. The third-order valence-corrected chi connectivity index (χ3v) is 5.18. The van der Waals surface area contributed by atoms with Crippen molar-refractivity contribution in [2.75, 3.05) is 18.4 Å². The molecular formula is C16H15N5O2S. The van der Waals surface area contributed by atoms with Crippen molar-refractivity contribution >= 4 is 32.4 Å². The first kappa shape index (κ1) is 15.0. The van der Waals surface area contributed by atoms with E-state index >= 15 is 0 Å². The van der Waals surface area contributed by atoms with Crippen LogP contribution in [0, 0.1) is 10.1 Å². The van der Waals surface area contributed by atoms with Crippen LogP contribution in [0.5, 0.6) is 0 Å². The third kappa shape index (κ3) is 2.70. The van der Waals surface area contributed by atoms with Crippen molar-refractivity contribution in [3.63, 3.8) is 0 Å². The number of anilines is 1. The van der Waals surface area contributed by atoms with E-state index in [2.05, 4.69) is 38.8 Å². The molecule has 3 aromatic rings. The van der Waals surface area contributed by atoms with Crippen LogP contribution in [0.1, 0.15) is 17.2 Å². The molecule has 0 aliphatic carbocycles. The Bertz CT molecular complexity index is 910. The molecule has 1 aliphatic rings. The van der Waals surface area contributed by atoms with Crippen LogP contribution in [-0.4, -0.2) is 28.0 Å². The maximum atomic E-state index is 11.0. The van der Waals surface area contributed by atoms with Gasteiger partial charge in [-0.05, 0) is 35.4 Å². The second kappa shape index (κ2) is 6.14. The summed E-state index contributed by atoms with van der Waals surface area (Å²) < 4.78 is 0. The monoisotopic (exact) mass is 341 g/mol. The SMILES string of the molecule is O=[N+]([O-])c1cc2c(NCC3NCCc4ccccc43)ncnc2s1. The summed E-state index contributed by atoms with van der Waals surface area (Å²) in [5.41, 5.74) is 2.65. The number of nitrogens with one attached hydrogen (secondary N) is 2. The summed E-state index contributed by atoms with van der Waals surface area (Å²) in [7, 11) is 0. The highest BCUT2D eigenvalue weighted by molar-refractivity contribution is 7.21. The van der Waals surface area contributed by atoms with Gasteiger partial charge in [-0.2, -0.15) is 0 Å². The van der Waals surface area contributed by atoms with Crippen LogP contribution in [0.2, 0.25) is 0 Å². The average Bonchev–Trinajstić information content (AvgIpc) is 3.05. The minimum absolute atomic E-state index is 0.0784. The van der Waals surface area contributed by atoms with Crippen molar-refractivity contribution in [3.05, 3.63) is 57.9 Å². The summed E-state index contributed by atoms with van der Waals surface area (Å²) in [5.74, 6) is 0.634. The predicted molar refractivity (Wildman–Crippen MR) is 93.4 cm³/mol. The molecule has 1 atom stereocenters. The highest BCUT2D eigenvalue weighted by atomic mass is 32.1. The van der Waals surface area contributed by atoms with Gasteiger partial charge in [0, 0.05) is 18.7 Å². The largest absolute Gasteiger partial charge is 0.368 e. The Morgan fingerprint density at radius 2 is 2.25 bits per heavy atom. The number of hydrogen-bond acceptors (Lipinski definition) is 7. The minimum atomic E-state index is -0.394. The Morgan fingerprint density at radius 1 is 1.38 bits per heavy atom. The Kier molecular flexibility index (Phi) is 3.83. The predicted octanol–water partition coefficient (Wildman–Crippen LogP) is 2.90. The van der Waals surface area contributed by atoms with Gasteiger partial charge in [0.15, 0.2) is 0 Å². The molecule has 24 heavy (non-hydrogen) atoms. The lowest BCUT2D eigenvalue weighted by Gasteiger charge is -2.27. The van der Waals surface area contributed by atoms with Gasteiger partial charge in [-0.25, -0.2) is 9.97 Å². The van der Waals surface area contributed by atoms with E-state index in [0.717, 1.165) is 24.3 Å². The van der Waals surface area contributed by atoms with Crippen LogP contribution in [0.4, 0.5) is 10.8 Å². The van der Waals surface area contributed by atoms with Crippen molar-refractivity contribution in [1.29, 1.82) is 0 Å². The summed E-state index contributed by atoms with van der Waals surface area (Å²) in [6.07, 6.45) is 2.47. The van der Waals surface area contributed by atoms with Gasteiger partial charge in [0.1, 0.15) is 17.0 Å². The zero-order chi connectivity index (χ0) is 16.5. The number of aromatic nitrogens is 2. The Hall–Kier alpha value is -2.58. The highest BCUT2D eigenvalue weighted by Crippen LogP contribution is 2.33. The summed E-state index contributed by atoms with van der Waals surface area (Å²) in [6.45, 7) is 1.60. The van der Waals surface area contributed by atoms with Crippen molar-refractivity contribution in [2.24, 2.45) is 0 Å². The first-order chi connectivity index (χ1) is 11.7. The van der Waals surface area contributed by atoms with Crippen LogP contribution in [-0.2, 0) is 6.42 Å². The summed E-state index contributed by atoms with van der Waals surface area (Å²) in [4.78, 5) is 19.6. The maximum absolute atomic E-state index is 11.0. The van der Waals surface area contributed by atoms with E-state index in [1.807, 2.05) is 6.07 Å². The molecule has 0 bridgehead atoms. The highest BCUT2D eigenvalue weighted by Gasteiger charge is 2.20. The van der Waals surface area contributed by atoms with Crippen LogP contribution in [0.25, 0.3) is 10.2 Å². The lowest BCUT2D eigenvalue weighted by atomic mass is 9.94. The summed E-state index contributed by atoms with van der Waals surface area (Å²) in [5, 5.41) is 18.6. The van der Waals surface area contributed by atoms with Gasteiger partial charge >= 0.3 is 5.00 Å². The number of fused-ring (bicyclic) bond motifs is 2. The number of nitrogens with zero attached hydrogens (tertiary/aromatic N) is 3. The van der Waals surface area contributed by atoms with Crippen LogP contribution < -0.4 is 10.6 Å². The van der Waals surface area contributed by atoms with E-state index in [0.29, 0.717) is 22.6 Å². The van der Waals surface area contributed by atoms with Crippen molar-refractivity contribution in [2.45, 2.75) is 12.5 Å². The smallest absolute Gasteiger partial charge is 0.326 e. The molecule has 0 saturated carbocycles. The Labute approximate surface area is 141 Å². The topological polar surface area (TPSA) is 93.0 Å². The van der Waals surface area contributed by atoms with E-state index < -0.39 is 4.92 Å². The number of nitro groups is 1. The first-order valence-corrected chi connectivity index (χ1v) is 8.48. The summed E-state index contributed by atoms with van der Waals surface area (Å²) in [6, 6.07) is 10.1. The fourth-order valence-electron chi connectivity index (χ4n) is 3.05. The second-order valence-electron chi connectivity index (χ2n) is 5.62. The zero-order valence-corrected chi connectivity index (χ0v) is 13.5. The average molecular weight is 341 g/mol. The molecule has 0 radical (unpaired) electrons. The zero-order valence-electron chi connectivity index (χ0n) is 12.7. The van der Waals surface area contributed by atoms with E-state index in [-0.39, 0.29) is 11.0 Å². The van der Waals surface area contributed by atoms with E-state index in [1.54, 1.807) is 0 Å². The molecule has 4 rings (SSSR count). The van der Waals surface area contributed by atoms with Gasteiger partial charge in [0.05, 0.1) is 10.3 Å². The molecule has 0 saturated heterocycles. The van der Waals surface area contributed by atoms with Gasteiger partial charge in [0.2, 0.25) is 0 Å². The minimum Gasteiger partial charge on any atom is -0.368 e. The number of thiophene rings is 1. The molecule has 0 spiro atoms. The molecule has 1 unspecified atom stereocenters. The summed E-state index contributed by atoms with van der Waals surface area (Å²) >= 11 is 1.06. The van der Waals surface area contributed by atoms with E-state index in [4.69, 9.17) is 0 Å². The van der Waals surface area contributed by atoms with Gasteiger partial charge in [-0.1, -0.05) is 24.3 Å². The molecular weight excluding hydrogens is 326 g/mol. The van der Waals surface area contributed by atoms with Crippen LogP contribution >= 0.6 is 11.3 Å². The lowest BCUT2D eigenvalue weighted by Crippen LogP contribution is -2.34. The van der Waals surface area contributed by atoms with Crippen molar-refractivity contribution in [3.8, 4) is 0 Å². The molecule has 3 heterocycles. The molecule has 0 amide bonds. The quantitative estimate of drug-likeness (QED) is 0.560. The maximum Gasteiger partial charge on any atom is 0.326 e. The molecule has 122 valence electrons. The normalized spacial score (nSPS) is 16.8. The molecule has 2 N–H and O–H groups in total. The Balaban J connectivity index is 1.59. The molecule has 8 heteroatoms. The van der Waals surface area contributed by atoms with Crippen molar-refractivity contribution < 1.29 is 4.92 Å². The van der Waals surface area contributed by atoms with E-state index in [1.165, 1.54) is 23.5 Å². The molecule has 1 aliphatic heterocycles. The molecule has 1 aromatic carbocycles. The Morgan fingerprint density at radius 3 is 3.12 bits per heavy atom. The number of benzene rings is 1. The van der Waals surface area contributed by atoms with Crippen molar-refractivity contribution in [1.82, 2.24) is 15.3 Å². The molecule has 7 nitrogen and oxygen atoms in total. The number of hydrogen-bond donors (Lipinski definition) is 2. The number of rotatable bonds is 4. The standard InChI is InChI=1S/C16H15N5O2S/c22-21(23)14-7-12-15(19-9-20-16(12)24-14)18-8-13-11-4-2-1-3-10(11)5-6-17-13/h1-4,7,9,13,17H,5-6,8H2,(H,18,19,20). The first-order valence-electron chi connectivity index (χ1n) is 7.66. The second-order valence-corrected chi connectivity index (χ2v) is 6.63. The van der Waals surface area contributed by atoms with Gasteiger partial charge < -0.3 is 10.6 Å². The van der Waals surface area contributed by atoms with E-state index in [9.17, 15) is 10.1 Å². The molecule has 2 aromatic heterocycles. The van der Waals surface area contributed by atoms with Crippen LogP contribution in [0.15, 0.2) is 36.7 Å². The fourth-order valence-corrected chi connectivity index (χ4v) is 3.86. The lowest BCUT2D eigenvalue weighted by molar-refractivity contribution is -0.380. The van der Waals surface area contributed by atoms with Gasteiger partial charge in [-0.15, -0.1) is 0 Å². The van der Waals surface area contributed by atoms with Gasteiger partial charge in [-0.3, -0.25) is 10.1 Å². The molecule has 0 fully saturated rings. The van der Waals surface area contributed by atoms with Gasteiger partial charge in [0.25, 0.3) is 0 Å².